The van der Waals surface area contributed by atoms with E-state index in [2.05, 4.69) is 24.5 Å². The van der Waals surface area contributed by atoms with E-state index in [1.165, 1.54) is 44.2 Å². The first-order chi connectivity index (χ1) is 20.8. The van der Waals surface area contributed by atoms with Crippen molar-refractivity contribution in [2.75, 3.05) is 35.4 Å². The van der Waals surface area contributed by atoms with Crippen molar-refractivity contribution in [1.29, 1.82) is 0 Å². The molecule has 8 nitrogen and oxygen atoms in total. The minimum absolute atomic E-state index is 0.151. The molecule has 0 aliphatic heterocycles. The number of amides is 2. The van der Waals surface area contributed by atoms with Crippen LogP contribution in [-0.4, -0.2) is 48.5 Å². The summed E-state index contributed by atoms with van der Waals surface area (Å²) in [5, 5.41) is 7.13. The zero-order valence-electron chi connectivity index (χ0n) is 25.7. The molecular weight excluding hydrogens is 605 g/mol. The zero-order chi connectivity index (χ0) is 30.9. The molecule has 0 aromatic carbocycles. The Labute approximate surface area is 267 Å². The molecule has 0 fully saturated rings. The van der Waals surface area contributed by atoms with Crippen molar-refractivity contribution in [3.8, 4) is 0 Å². The van der Waals surface area contributed by atoms with Crippen molar-refractivity contribution < 1.29 is 28.7 Å². The van der Waals surface area contributed by atoms with Gasteiger partial charge in [0.05, 0.1) is 24.3 Å². The van der Waals surface area contributed by atoms with Crippen LogP contribution in [0.15, 0.2) is 0 Å². The molecule has 0 spiro atoms. The van der Waals surface area contributed by atoms with Crippen molar-refractivity contribution >= 4 is 68.2 Å². The standard InChI is InChI=1S/C32H44N2O6S3/c1-5-19-9-11-21-23(17-19)42-29(27(21)31(37)39-7-3)33-25(35)13-15-41-16-14-26(36)34-30-28(32(38)40-8-4)22-12-10-20(6-2)18-24(22)43-30/h19-20H,5-18H2,1-4H3,(H,33,35)(H,34,36). The molecule has 2 atom stereocenters. The van der Waals surface area contributed by atoms with Crippen molar-refractivity contribution in [3.63, 3.8) is 0 Å². The molecule has 0 radical (unpaired) electrons. The topological polar surface area (TPSA) is 111 Å². The maximum atomic E-state index is 12.8. The highest BCUT2D eigenvalue weighted by atomic mass is 32.2. The molecule has 2 N–H and O–H groups in total. The summed E-state index contributed by atoms with van der Waals surface area (Å²) < 4.78 is 10.6. The maximum absolute atomic E-state index is 12.8. The summed E-state index contributed by atoms with van der Waals surface area (Å²) in [6.45, 7) is 8.53. The van der Waals surface area contributed by atoms with Crippen molar-refractivity contribution in [1.82, 2.24) is 0 Å². The number of fused-ring (bicyclic) bond motifs is 2. The Balaban J connectivity index is 1.28. The highest BCUT2D eigenvalue weighted by Crippen LogP contribution is 2.42. The van der Waals surface area contributed by atoms with Crippen LogP contribution >= 0.6 is 34.4 Å². The van der Waals surface area contributed by atoms with Crippen LogP contribution in [0.4, 0.5) is 10.0 Å². The van der Waals surface area contributed by atoms with E-state index in [4.69, 9.17) is 9.47 Å². The largest absolute Gasteiger partial charge is 0.462 e. The Bertz CT molecular complexity index is 1220. The highest BCUT2D eigenvalue weighted by molar-refractivity contribution is 7.99. The van der Waals surface area contributed by atoms with Gasteiger partial charge in [-0.15, -0.1) is 22.7 Å². The first-order valence-electron chi connectivity index (χ1n) is 15.6. The minimum atomic E-state index is -0.367. The predicted octanol–water partition coefficient (Wildman–Crippen LogP) is 7.28. The molecule has 2 aromatic heterocycles. The first kappa shape index (κ1) is 33.5. The van der Waals surface area contributed by atoms with E-state index in [0.29, 0.717) is 44.5 Å². The van der Waals surface area contributed by atoms with Gasteiger partial charge in [-0.2, -0.15) is 11.8 Å². The summed E-state index contributed by atoms with van der Waals surface area (Å²) in [5.41, 5.74) is 3.12. The fourth-order valence-corrected chi connectivity index (χ4v) is 9.43. The molecule has 2 amide bonds. The molecular formula is C32H44N2O6S3. The van der Waals surface area contributed by atoms with Gasteiger partial charge in [0.25, 0.3) is 0 Å². The second-order valence-electron chi connectivity index (χ2n) is 11.1. The van der Waals surface area contributed by atoms with Crippen LogP contribution in [0.2, 0.25) is 0 Å². The molecule has 2 aromatic rings. The third kappa shape index (κ3) is 8.42. The Kier molecular flexibility index (Phi) is 12.5. The number of rotatable bonds is 14. The van der Waals surface area contributed by atoms with Crippen LogP contribution in [-0.2, 0) is 44.7 Å². The van der Waals surface area contributed by atoms with Crippen LogP contribution in [0, 0.1) is 11.8 Å². The molecule has 0 bridgehead atoms. The predicted molar refractivity (Wildman–Crippen MR) is 176 cm³/mol. The lowest BCUT2D eigenvalue weighted by Gasteiger charge is -2.20. The number of carbonyl (C=O) groups excluding carboxylic acids is 4. The first-order valence-corrected chi connectivity index (χ1v) is 18.4. The lowest BCUT2D eigenvalue weighted by molar-refractivity contribution is -0.116. The SMILES string of the molecule is CCOC(=O)c1c(NC(=O)CCSCCC(=O)Nc2sc3c(c2C(=O)OCC)CCC(CC)C3)sc2c1CCC(CC)C2. The summed E-state index contributed by atoms with van der Waals surface area (Å²) in [7, 11) is 0. The molecule has 0 saturated carbocycles. The van der Waals surface area contributed by atoms with Gasteiger partial charge < -0.3 is 20.1 Å². The molecule has 4 rings (SSSR count). The quantitative estimate of drug-likeness (QED) is 0.164. The number of thioether (sulfide) groups is 1. The fraction of sp³-hybridized carbons (Fsp3) is 0.625. The van der Waals surface area contributed by atoms with Crippen LogP contribution < -0.4 is 10.6 Å². The zero-order valence-corrected chi connectivity index (χ0v) is 28.2. The normalized spacial score (nSPS) is 17.5. The minimum Gasteiger partial charge on any atom is -0.462 e. The average molecular weight is 649 g/mol. The van der Waals surface area contributed by atoms with E-state index in [-0.39, 0.29) is 49.8 Å². The van der Waals surface area contributed by atoms with Gasteiger partial charge in [-0.3, -0.25) is 9.59 Å². The smallest absolute Gasteiger partial charge is 0.341 e. The number of thiophene rings is 2. The van der Waals surface area contributed by atoms with E-state index in [0.717, 1.165) is 62.5 Å². The van der Waals surface area contributed by atoms with Gasteiger partial charge in [-0.05, 0) is 75.3 Å². The summed E-state index contributed by atoms with van der Waals surface area (Å²) in [6, 6.07) is 0. The fourth-order valence-electron chi connectivity index (χ4n) is 5.83. The number of hydrogen-bond donors (Lipinski definition) is 2. The van der Waals surface area contributed by atoms with Crippen molar-refractivity contribution in [3.05, 3.63) is 32.0 Å². The molecule has 2 heterocycles. The van der Waals surface area contributed by atoms with Gasteiger partial charge in [0.1, 0.15) is 10.0 Å². The number of anilines is 2. The second-order valence-corrected chi connectivity index (χ2v) is 14.5. The third-order valence-corrected chi connectivity index (χ3v) is 11.6. The van der Waals surface area contributed by atoms with E-state index >= 15 is 0 Å². The Morgan fingerprint density at radius 2 is 1.14 bits per heavy atom. The molecule has 0 saturated heterocycles. The van der Waals surface area contributed by atoms with Gasteiger partial charge in [-0.1, -0.05) is 26.7 Å². The summed E-state index contributed by atoms with van der Waals surface area (Å²) >= 11 is 4.54. The summed E-state index contributed by atoms with van der Waals surface area (Å²) in [5.74, 6) is 1.28. The highest BCUT2D eigenvalue weighted by Gasteiger charge is 2.31. The summed E-state index contributed by atoms with van der Waals surface area (Å²) in [4.78, 5) is 53.5. The molecule has 2 unspecified atom stereocenters. The Morgan fingerprint density at radius 3 is 1.51 bits per heavy atom. The molecule has 2 aliphatic rings. The van der Waals surface area contributed by atoms with Gasteiger partial charge in [0.15, 0.2) is 0 Å². The number of nitrogens with one attached hydrogen (secondary N) is 2. The molecule has 236 valence electrons. The monoisotopic (exact) mass is 648 g/mol. The Hall–Kier alpha value is -2.37. The van der Waals surface area contributed by atoms with Gasteiger partial charge in [0.2, 0.25) is 11.8 Å². The summed E-state index contributed by atoms with van der Waals surface area (Å²) in [6.07, 6.45) is 8.38. The average Bonchev–Trinajstić information content (AvgIpc) is 3.53. The van der Waals surface area contributed by atoms with Crippen LogP contribution in [0.5, 0.6) is 0 Å². The third-order valence-electron chi connectivity index (χ3n) is 8.30. The lowest BCUT2D eigenvalue weighted by Crippen LogP contribution is -2.18. The van der Waals surface area contributed by atoms with Crippen molar-refractivity contribution in [2.24, 2.45) is 11.8 Å². The van der Waals surface area contributed by atoms with Crippen molar-refractivity contribution in [2.45, 2.75) is 91.9 Å². The number of carbonyl (C=O) groups is 4. The molecule has 43 heavy (non-hydrogen) atoms. The Morgan fingerprint density at radius 1 is 0.721 bits per heavy atom. The lowest BCUT2D eigenvalue weighted by atomic mass is 9.85. The van der Waals surface area contributed by atoms with E-state index in [1.807, 2.05) is 0 Å². The van der Waals surface area contributed by atoms with Crippen LogP contribution in [0.25, 0.3) is 0 Å². The van der Waals surface area contributed by atoms with Gasteiger partial charge in [-0.25, -0.2) is 9.59 Å². The number of hydrogen-bond acceptors (Lipinski definition) is 9. The van der Waals surface area contributed by atoms with E-state index in [9.17, 15) is 19.2 Å². The number of esters is 2. The van der Waals surface area contributed by atoms with Gasteiger partial charge >= 0.3 is 11.9 Å². The number of ether oxygens (including phenoxy) is 2. The molecule has 2 aliphatic carbocycles. The van der Waals surface area contributed by atoms with E-state index < -0.39 is 0 Å². The van der Waals surface area contributed by atoms with Crippen LogP contribution in [0.3, 0.4) is 0 Å². The van der Waals surface area contributed by atoms with E-state index in [1.54, 1.807) is 13.8 Å². The van der Waals surface area contributed by atoms with Crippen LogP contribution in [0.1, 0.15) is 108 Å². The van der Waals surface area contributed by atoms with Gasteiger partial charge in [0, 0.05) is 34.1 Å². The molecule has 11 heteroatoms. The maximum Gasteiger partial charge on any atom is 0.341 e. The second kappa shape index (κ2) is 16.1.